The Morgan fingerprint density at radius 2 is 0.686 bits per heavy atom. The van der Waals surface area contributed by atoms with E-state index in [9.17, 15) is 13.0 Å². The van der Waals surface area contributed by atoms with Crippen molar-refractivity contribution in [2.75, 3.05) is 31.9 Å². The van der Waals surface area contributed by atoms with Crippen LogP contribution in [0, 0.1) is 0 Å². The van der Waals surface area contributed by atoms with Crippen molar-refractivity contribution in [2.45, 2.75) is 162 Å². The summed E-state index contributed by atoms with van der Waals surface area (Å²) < 4.78 is 33.3. The summed E-state index contributed by atoms with van der Waals surface area (Å²) in [4.78, 5) is 0. The molecule has 1 N–H and O–H groups in total. The molecule has 0 heterocycles. The molecule has 0 fully saturated rings. The van der Waals surface area contributed by atoms with Gasteiger partial charge in [-0.15, -0.1) is 0 Å². The Morgan fingerprint density at radius 1 is 0.429 bits per heavy atom. The summed E-state index contributed by atoms with van der Waals surface area (Å²) in [5.74, 6) is -0.0853. The molecule has 0 aliphatic rings. The third-order valence-corrected chi connectivity index (χ3v) is 8.55. The van der Waals surface area contributed by atoms with Crippen LogP contribution in [0.2, 0.25) is 0 Å². The van der Waals surface area contributed by atoms with E-state index in [4.69, 9.17) is 0 Å². The lowest BCUT2D eigenvalue weighted by atomic mass is 10.0. The van der Waals surface area contributed by atoms with E-state index < -0.39 is 10.1 Å². The standard InChI is InChI=1S/C30H63NO3S/c1-4-7-10-13-16-19-22-26-31(29-25-30-35(32,33)34,27-23-20-17-14-11-8-5-2)28-24-21-18-15-12-9-6-3/h4-30H2,1-3H3/p+1. The fourth-order valence-electron chi connectivity index (χ4n) is 5.47. The molecule has 0 aromatic carbocycles. The van der Waals surface area contributed by atoms with Crippen LogP contribution in [-0.4, -0.2) is 49.4 Å². The molecule has 0 radical (unpaired) electrons. The number of hydrogen-bond donors (Lipinski definition) is 1. The molecular weight excluding hydrogens is 454 g/mol. The maximum Gasteiger partial charge on any atom is 0.265 e. The van der Waals surface area contributed by atoms with Crippen LogP contribution in [0.25, 0.3) is 0 Å². The zero-order chi connectivity index (χ0) is 26.1. The van der Waals surface area contributed by atoms with E-state index in [2.05, 4.69) is 20.8 Å². The van der Waals surface area contributed by atoms with Gasteiger partial charge >= 0.3 is 0 Å². The highest BCUT2D eigenvalue weighted by molar-refractivity contribution is 7.85. The molecule has 0 aliphatic carbocycles. The number of quaternary nitrogens is 1. The molecule has 0 amide bonds. The number of unbranched alkanes of at least 4 members (excludes halogenated alkanes) is 18. The van der Waals surface area contributed by atoms with E-state index in [0.29, 0.717) is 6.42 Å². The van der Waals surface area contributed by atoms with Crippen LogP contribution in [0.15, 0.2) is 0 Å². The molecule has 5 heteroatoms. The quantitative estimate of drug-likeness (QED) is 0.0637. The maximum absolute atomic E-state index is 11.4. The Kier molecular flexibility index (Phi) is 24.1. The Labute approximate surface area is 221 Å². The molecule has 0 saturated heterocycles. The van der Waals surface area contributed by atoms with Gasteiger partial charge in [0.1, 0.15) is 0 Å². The molecule has 0 saturated carbocycles. The molecule has 212 valence electrons. The van der Waals surface area contributed by atoms with E-state index in [1.54, 1.807) is 0 Å². The summed E-state index contributed by atoms with van der Waals surface area (Å²) in [6.07, 6.45) is 28.3. The van der Waals surface area contributed by atoms with E-state index >= 15 is 0 Å². The summed E-state index contributed by atoms with van der Waals surface area (Å²) in [7, 11) is -3.87. The fraction of sp³-hybridized carbons (Fsp3) is 1.00. The summed E-state index contributed by atoms with van der Waals surface area (Å²) in [6, 6.07) is 0. The topological polar surface area (TPSA) is 54.4 Å². The third-order valence-electron chi connectivity index (χ3n) is 7.74. The second kappa shape index (κ2) is 24.2. The van der Waals surface area contributed by atoms with E-state index in [-0.39, 0.29) is 5.75 Å². The third kappa shape index (κ3) is 24.0. The van der Waals surface area contributed by atoms with Crippen LogP contribution >= 0.6 is 0 Å². The van der Waals surface area contributed by atoms with Crippen LogP contribution in [0.4, 0.5) is 0 Å². The van der Waals surface area contributed by atoms with Crippen molar-refractivity contribution in [3.05, 3.63) is 0 Å². The van der Waals surface area contributed by atoms with E-state index in [1.165, 1.54) is 154 Å². The van der Waals surface area contributed by atoms with Gasteiger partial charge in [0.2, 0.25) is 0 Å². The Morgan fingerprint density at radius 3 is 0.971 bits per heavy atom. The molecule has 0 atom stereocenters. The van der Waals surface area contributed by atoms with E-state index in [0.717, 1.165) is 11.0 Å². The Hall–Kier alpha value is -0.130. The smallest absolute Gasteiger partial charge is 0.265 e. The first kappa shape index (κ1) is 34.9. The first-order valence-electron chi connectivity index (χ1n) is 15.7. The zero-order valence-corrected chi connectivity index (χ0v) is 25.0. The summed E-state index contributed by atoms with van der Waals surface area (Å²) >= 11 is 0. The van der Waals surface area contributed by atoms with Gasteiger partial charge in [0.25, 0.3) is 10.1 Å². The van der Waals surface area contributed by atoms with Crippen molar-refractivity contribution in [1.29, 1.82) is 0 Å². The average molecular weight is 519 g/mol. The molecule has 0 spiro atoms. The van der Waals surface area contributed by atoms with Gasteiger partial charge < -0.3 is 4.48 Å². The normalized spacial score (nSPS) is 12.5. The van der Waals surface area contributed by atoms with Crippen molar-refractivity contribution in [1.82, 2.24) is 0 Å². The summed E-state index contributed by atoms with van der Waals surface area (Å²) in [6.45, 7) is 11.3. The zero-order valence-electron chi connectivity index (χ0n) is 24.2. The minimum Gasteiger partial charge on any atom is -0.324 e. The minimum absolute atomic E-state index is 0.0853. The highest BCUT2D eigenvalue weighted by Gasteiger charge is 2.26. The highest BCUT2D eigenvalue weighted by atomic mass is 32.2. The van der Waals surface area contributed by atoms with Crippen LogP contribution < -0.4 is 0 Å². The van der Waals surface area contributed by atoms with Gasteiger partial charge in [0.05, 0.1) is 31.9 Å². The SMILES string of the molecule is CCCCCCCCC[N+](CCCCCCCCC)(CCCCCCCCC)CCCS(=O)(=O)O. The molecule has 0 aromatic heterocycles. The fourth-order valence-corrected chi connectivity index (χ4v) is 5.96. The number of rotatable bonds is 28. The molecule has 4 nitrogen and oxygen atoms in total. The van der Waals surface area contributed by atoms with Gasteiger partial charge in [0, 0.05) is 6.42 Å². The predicted octanol–water partition coefficient (Wildman–Crippen LogP) is 9.33. The first-order valence-corrected chi connectivity index (χ1v) is 17.3. The van der Waals surface area contributed by atoms with Gasteiger partial charge in [-0.05, 0) is 38.5 Å². The lowest BCUT2D eigenvalue weighted by molar-refractivity contribution is -0.928. The average Bonchev–Trinajstić information content (AvgIpc) is 2.81. The molecule has 0 aromatic rings. The largest absolute Gasteiger partial charge is 0.324 e. The van der Waals surface area contributed by atoms with Gasteiger partial charge in [-0.1, -0.05) is 117 Å². The van der Waals surface area contributed by atoms with Gasteiger partial charge in [-0.2, -0.15) is 8.42 Å². The summed E-state index contributed by atoms with van der Waals surface area (Å²) in [5, 5.41) is 0. The molecule has 0 unspecified atom stereocenters. The van der Waals surface area contributed by atoms with Gasteiger partial charge in [-0.25, -0.2) is 0 Å². The molecule has 35 heavy (non-hydrogen) atoms. The van der Waals surface area contributed by atoms with Crippen molar-refractivity contribution < 1.29 is 17.5 Å². The first-order chi connectivity index (χ1) is 16.9. The van der Waals surface area contributed by atoms with Crippen molar-refractivity contribution in [2.24, 2.45) is 0 Å². The Bertz CT molecular complexity index is 490. The maximum atomic E-state index is 11.4. The second-order valence-corrected chi connectivity index (χ2v) is 12.8. The molecular formula is C30H64NO3S+. The van der Waals surface area contributed by atoms with Crippen LogP contribution in [-0.2, 0) is 10.1 Å². The molecule has 0 bridgehead atoms. The van der Waals surface area contributed by atoms with Crippen LogP contribution in [0.1, 0.15) is 162 Å². The van der Waals surface area contributed by atoms with Crippen molar-refractivity contribution in [3.8, 4) is 0 Å². The summed E-state index contributed by atoms with van der Waals surface area (Å²) in [5.41, 5.74) is 0. The van der Waals surface area contributed by atoms with E-state index in [1.807, 2.05) is 0 Å². The van der Waals surface area contributed by atoms with Crippen LogP contribution in [0.3, 0.4) is 0 Å². The highest BCUT2D eigenvalue weighted by Crippen LogP contribution is 2.20. The van der Waals surface area contributed by atoms with Gasteiger partial charge in [0.15, 0.2) is 0 Å². The second-order valence-electron chi connectivity index (χ2n) is 11.2. The minimum atomic E-state index is -3.87. The van der Waals surface area contributed by atoms with Crippen molar-refractivity contribution >= 4 is 10.1 Å². The number of nitrogens with zero attached hydrogens (tertiary/aromatic N) is 1. The molecule has 0 aliphatic heterocycles. The Balaban J connectivity index is 4.86. The van der Waals surface area contributed by atoms with Gasteiger partial charge in [-0.3, -0.25) is 4.55 Å². The van der Waals surface area contributed by atoms with Crippen LogP contribution in [0.5, 0.6) is 0 Å². The molecule has 0 rings (SSSR count). The predicted molar refractivity (Wildman–Crippen MR) is 155 cm³/mol. The lowest BCUT2D eigenvalue weighted by Crippen LogP contribution is -2.51. The monoisotopic (exact) mass is 518 g/mol. The van der Waals surface area contributed by atoms with Crippen molar-refractivity contribution in [3.63, 3.8) is 0 Å². The lowest BCUT2D eigenvalue weighted by Gasteiger charge is -2.39. The number of hydrogen-bond acceptors (Lipinski definition) is 2.